The summed E-state index contributed by atoms with van der Waals surface area (Å²) in [7, 11) is -5.45. The Morgan fingerprint density at radius 1 is 0.444 bits per heavy atom. The van der Waals surface area contributed by atoms with E-state index in [1.54, 1.807) is 0 Å². The van der Waals surface area contributed by atoms with Crippen LogP contribution in [0.15, 0.2) is 130 Å². The highest BCUT2D eigenvalue weighted by Crippen LogP contribution is 2.43. The molecule has 0 aromatic heterocycles. The summed E-state index contributed by atoms with van der Waals surface area (Å²) in [4.78, 5) is 25.8. The molecule has 4 aromatic rings. The Morgan fingerprint density at radius 2 is 0.694 bits per heavy atom. The largest absolute Gasteiger partial charge is 0.612 e. The summed E-state index contributed by atoms with van der Waals surface area (Å²) < 4.78 is 9.48. The number of rotatable bonds is 11. The molecule has 0 heterocycles. The van der Waals surface area contributed by atoms with Gasteiger partial charge in [-0.25, -0.2) is 0 Å². The van der Waals surface area contributed by atoms with Crippen LogP contribution in [0.4, 0.5) is 0 Å². The third-order valence-electron chi connectivity index (χ3n) is 5.33. The van der Waals surface area contributed by atoms with E-state index in [4.69, 9.17) is 9.03 Å². The van der Waals surface area contributed by atoms with Crippen molar-refractivity contribution in [2.24, 2.45) is 9.03 Å². The maximum atomic E-state index is 12.9. The SMILES string of the molecule is [O-]/[P+](CCCC/[P+]([O-])=N/P(c1ccccc1)c1ccccc1)=N\P(c1ccccc1)c1ccccc1. The fraction of sp³-hybridized carbons (Fsp3) is 0.143. The van der Waals surface area contributed by atoms with E-state index in [-0.39, 0.29) is 0 Å². The standard InChI is InChI=1S/C28H28N2O2P4/c31-33(29-35(25-15-5-1-6-16-25)26-17-7-2-8-18-26)23-13-14-24-34(32)30-36(27-19-9-3-10-20-27)28-21-11-4-12-22-28/h1-12,15-22H,13-14,23-24H2. The monoisotopic (exact) mass is 548 g/mol. The molecule has 0 radical (unpaired) electrons. The van der Waals surface area contributed by atoms with Gasteiger partial charge in [0.1, 0.15) is 28.5 Å². The minimum absolute atomic E-state index is 0.503. The topological polar surface area (TPSA) is 70.8 Å². The highest BCUT2D eigenvalue weighted by atomic mass is 31.2. The normalized spacial score (nSPS) is 12.3. The Bertz CT molecular complexity index is 1080. The molecule has 0 bridgehead atoms. The second kappa shape index (κ2) is 14.6. The minimum atomic E-state index is -1.70. The second-order valence-electron chi connectivity index (χ2n) is 8.00. The predicted octanol–water partition coefficient (Wildman–Crippen LogP) is 5.74. The summed E-state index contributed by atoms with van der Waals surface area (Å²) in [6.07, 6.45) is 2.44. The van der Waals surface area contributed by atoms with E-state index in [1.807, 2.05) is 72.8 Å². The molecule has 0 saturated carbocycles. The lowest BCUT2D eigenvalue weighted by Gasteiger charge is -2.11. The van der Waals surface area contributed by atoms with Crippen LogP contribution in [0.25, 0.3) is 0 Å². The molecule has 36 heavy (non-hydrogen) atoms. The predicted molar refractivity (Wildman–Crippen MR) is 156 cm³/mol. The van der Waals surface area contributed by atoms with Crippen molar-refractivity contribution in [3.8, 4) is 0 Å². The molecule has 0 amide bonds. The molecule has 4 rings (SSSR count). The molecule has 182 valence electrons. The van der Waals surface area contributed by atoms with Crippen molar-refractivity contribution < 1.29 is 9.79 Å². The van der Waals surface area contributed by atoms with Crippen LogP contribution in [0, 0.1) is 0 Å². The highest BCUT2D eigenvalue weighted by molar-refractivity contribution is 7.75. The highest BCUT2D eigenvalue weighted by Gasteiger charge is 2.18. The first kappa shape index (κ1) is 26.9. The van der Waals surface area contributed by atoms with Crippen LogP contribution in [0.5, 0.6) is 0 Å². The lowest BCUT2D eigenvalue weighted by atomic mass is 10.4. The Labute approximate surface area is 218 Å². The third kappa shape index (κ3) is 8.19. The van der Waals surface area contributed by atoms with E-state index in [2.05, 4.69) is 48.5 Å². The molecule has 2 unspecified atom stereocenters. The molecule has 0 N–H and O–H groups in total. The lowest BCUT2D eigenvalue weighted by Crippen LogP contribution is -2.10. The van der Waals surface area contributed by atoms with Crippen molar-refractivity contribution in [2.45, 2.75) is 12.8 Å². The molecule has 4 nitrogen and oxygen atoms in total. The molecule has 0 spiro atoms. The van der Waals surface area contributed by atoms with Gasteiger partial charge in [0.15, 0.2) is 15.9 Å². The van der Waals surface area contributed by atoms with E-state index in [0.717, 1.165) is 34.1 Å². The van der Waals surface area contributed by atoms with Crippen molar-refractivity contribution >= 4 is 53.2 Å². The van der Waals surface area contributed by atoms with Gasteiger partial charge >= 0.3 is 0 Å². The molecule has 2 atom stereocenters. The molecule has 0 aliphatic rings. The Morgan fingerprint density at radius 3 is 0.944 bits per heavy atom. The van der Waals surface area contributed by atoms with Gasteiger partial charge in [-0.05, 0) is 12.8 Å². The first-order valence-corrected chi connectivity index (χ1v) is 17.2. The van der Waals surface area contributed by atoms with Gasteiger partial charge in [0, 0.05) is 21.2 Å². The molecule has 4 aromatic carbocycles. The smallest absolute Gasteiger partial charge is 0.168 e. The van der Waals surface area contributed by atoms with Gasteiger partial charge in [-0.1, -0.05) is 130 Å². The molecule has 0 aliphatic carbocycles. The quantitative estimate of drug-likeness (QED) is 0.177. The van der Waals surface area contributed by atoms with Gasteiger partial charge in [0.2, 0.25) is 0 Å². The van der Waals surface area contributed by atoms with Gasteiger partial charge in [0.25, 0.3) is 0 Å². The zero-order valence-corrected chi connectivity index (χ0v) is 23.5. The molecule has 0 fully saturated rings. The van der Waals surface area contributed by atoms with Gasteiger partial charge in [-0.3, -0.25) is 0 Å². The summed E-state index contributed by atoms with van der Waals surface area (Å²) in [5.41, 5.74) is 0. The maximum absolute atomic E-state index is 12.9. The van der Waals surface area contributed by atoms with Crippen LogP contribution >= 0.6 is 32.0 Å². The molecule has 0 saturated heterocycles. The van der Waals surface area contributed by atoms with Gasteiger partial charge in [-0.15, -0.1) is 0 Å². The first-order chi connectivity index (χ1) is 17.7. The summed E-state index contributed by atoms with van der Waals surface area (Å²) >= 11 is 0. The van der Waals surface area contributed by atoms with Crippen LogP contribution < -0.4 is 31.0 Å². The van der Waals surface area contributed by atoms with Crippen molar-refractivity contribution in [1.82, 2.24) is 0 Å². The van der Waals surface area contributed by atoms with Crippen molar-refractivity contribution in [3.63, 3.8) is 0 Å². The Hall–Kier alpha value is -2.14. The van der Waals surface area contributed by atoms with Crippen LogP contribution in [0.3, 0.4) is 0 Å². The van der Waals surface area contributed by atoms with Crippen LogP contribution in [0.2, 0.25) is 0 Å². The zero-order valence-electron chi connectivity index (χ0n) is 19.9. The van der Waals surface area contributed by atoms with Crippen molar-refractivity contribution in [3.05, 3.63) is 121 Å². The van der Waals surface area contributed by atoms with E-state index < -0.39 is 32.0 Å². The third-order valence-corrected chi connectivity index (χ3v) is 12.9. The zero-order chi connectivity index (χ0) is 25.0. The van der Waals surface area contributed by atoms with Gasteiger partial charge in [-0.2, -0.15) is 0 Å². The summed E-state index contributed by atoms with van der Waals surface area (Å²) in [6, 6.07) is 40.3. The van der Waals surface area contributed by atoms with Crippen LogP contribution in [-0.4, -0.2) is 12.3 Å². The summed E-state index contributed by atoms with van der Waals surface area (Å²) in [5.74, 6) is 0. The average Bonchev–Trinajstić information content (AvgIpc) is 2.94. The number of benzene rings is 4. The van der Waals surface area contributed by atoms with Crippen molar-refractivity contribution in [2.75, 3.05) is 12.3 Å². The number of hydrogen-bond acceptors (Lipinski definition) is 4. The van der Waals surface area contributed by atoms with E-state index in [9.17, 15) is 9.79 Å². The van der Waals surface area contributed by atoms with Crippen molar-refractivity contribution in [1.29, 1.82) is 0 Å². The fourth-order valence-corrected chi connectivity index (χ4v) is 10.9. The molecule has 0 aliphatic heterocycles. The Balaban J connectivity index is 1.38. The van der Waals surface area contributed by atoms with E-state index in [1.165, 1.54) is 0 Å². The Kier molecular flexibility index (Phi) is 10.9. The van der Waals surface area contributed by atoms with Gasteiger partial charge in [0.05, 0.1) is 0 Å². The first-order valence-electron chi connectivity index (χ1n) is 11.8. The number of unbranched alkanes of at least 4 members (excludes halogenated alkanes) is 1. The number of hydrogen-bond donors (Lipinski definition) is 0. The van der Waals surface area contributed by atoms with Gasteiger partial charge < -0.3 is 9.79 Å². The second-order valence-corrected chi connectivity index (χ2v) is 15.1. The summed E-state index contributed by atoms with van der Waals surface area (Å²) in [5, 5.41) is 4.39. The average molecular weight is 548 g/mol. The maximum Gasteiger partial charge on any atom is 0.168 e. The number of nitrogens with zero attached hydrogens (tertiary/aromatic N) is 2. The fourth-order valence-electron chi connectivity index (χ4n) is 3.56. The van der Waals surface area contributed by atoms with Crippen LogP contribution in [0.1, 0.15) is 12.8 Å². The van der Waals surface area contributed by atoms with E-state index in [0.29, 0.717) is 12.3 Å². The van der Waals surface area contributed by atoms with E-state index >= 15 is 0 Å². The molecular formula is C28H28N2O2P4. The molecular weight excluding hydrogens is 520 g/mol. The summed E-state index contributed by atoms with van der Waals surface area (Å²) in [6.45, 7) is 0. The van der Waals surface area contributed by atoms with Crippen LogP contribution in [-0.2, 0) is 0 Å². The lowest BCUT2D eigenvalue weighted by molar-refractivity contribution is -0.156. The minimum Gasteiger partial charge on any atom is -0.612 e. The molecule has 8 heteroatoms.